The SMILES string of the molecule is CC(=O)N(C)c1ccc(OCc2cc3ccc(F)cc3n2C(=O)OC(C)(C)C)cc1. The van der Waals surface area contributed by atoms with E-state index in [1.165, 1.54) is 28.5 Å². The maximum atomic E-state index is 13.8. The first-order valence-corrected chi connectivity index (χ1v) is 9.55. The molecule has 0 fully saturated rings. The molecule has 0 bridgehead atoms. The zero-order valence-electron chi connectivity index (χ0n) is 17.7. The van der Waals surface area contributed by atoms with Gasteiger partial charge < -0.3 is 14.4 Å². The van der Waals surface area contributed by atoms with E-state index in [-0.39, 0.29) is 12.5 Å². The van der Waals surface area contributed by atoms with Crippen LogP contribution in [0.4, 0.5) is 14.9 Å². The Kier molecular flexibility index (Phi) is 5.82. The minimum absolute atomic E-state index is 0.0715. The van der Waals surface area contributed by atoms with Gasteiger partial charge in [0.05, 0.1) is 11.2 Å². The highest BCUT2D eigenvalue weighted by Gasteiger charge is 2.22. The van der Waals surface area contributed by atoms with Gasteiger partial charge in [-0.15, -0.1) is 0 Å². The molecule has 158 valence electrons. The molecule has 1 aromatic heterocycles. The van der Waals surface area contributed by atoms with Crippen molar-refractivity contribution in [2.24, 2.45) is 0 Å². The Morgan fingerprint density at radius 3 is 2.33 bits per heavy atom. The molecule has 3 aromatic rings. The van der Waals surface area contributed by atoms with Crippen molar-refractivity contribution in [2.75, 3.05) is 11.9 Å². The van der Waals surface area contributed by atoms with Crippen LogP contribution in [0.2, 0.25) is 0 Å². The molecule has 0 saturated carbocycles. The van der Waals surface area contributed by atoms with Gasteiger partial charge in [-0.2, -0.15) is 0 Å². The normalized spacial score (nSPS) is 11.4. The Morgan fingerprint density at radius 2 is 1.73 bits per heavy atom. The van der Waals surface area contributed by atoms with Crippen molar-refractivity contribution in [1.29, 1.82) is 0 Å². The van der Waals surface area contributed by atoms with Gasteiger partial charge in [0.1, 0.15) is 23.8 Å². The zero-order chi connectivity index (χ0) is 22.1. The van der Waals surface area contributed by atoms with Gasteiger partial charge in [-0.1, -0.05) is 0 Å². The number of carbonyl (C=O) groups excluding carboxylic acids is 2. The topological polar surface area (TPSA) is 60.8 Å². The summed E-state index contributed by atoms with van der Waals surface area (Å²) in [5, 5.41) is 0.708. The van der Waals surface area contributed by atoms with E-state index >= 15 is 0 Å². The molecule has 0 aliphatic carbocycles. The number of anilines is 1. The van der Waals surface area contributed by atoms with Crippen LogP contribution in [0.5, 0.6) is 5.75 Å². The van der Waals surface area contributed by atoms with E-state index in [1.54, 1.807) is 64.2 Å². The van der Waals surface area contributed by atoms with Crippen LogP contribution in [0.3, 0.4) is 0 Å². The van der Waals surface area contributed by atoms with Crippen LogP contribution >= 0.6 is 0 Å². The van der Waals surface area contributed by atoms with Gasteiger partial charge in [-0.3, -0.25) is 4.79 Å². The predicted molar refractivity (Wildman–Crippen MR) is 113 cm³/mol. The van der Waals surface area contributed by atoms with Crippen molar-refractivity contribution in [2.45, 2.75) is 39.9 Å². The fourth-order valence-electron chi connectivity index (χ4n) is 2.97. The molecular formula is C23H25FN2O4. The summed E-state index contributed by atoms with van der Waals surface area (Å²) in [4.78, 5) is 25.8. The first kappa shape index (κ1) is 21.4. The van der Waals surface area contributed by atoms with Crippen LogP contribution in [-0.4, -0.2) is 29.2 Å². The second-order valence-corrected chi connectivity index (χ2v) is 8.02. The monoisotopic (exact) mass is 412 g/mol. The number of nitrogens with zero attached hydrogens (tertiary/aromatic N) is 2. The second-order valence-electron chi connectivity index (χ2n) is 8.02. The van der Waals surface area contributed by atoms with E-state index in [2.05, 4.69) is 0 Å². The Labute approximate surface area is 174 Å². The summed E-state index contributed by atoms with van der Waals surface area (Å²) in [5.41, 5.74) is 1.00. The summed E-state index contributed by atoms with van der Waals surface area (Å²) in [6, 6.07) is 13.1. The summed E-state index contributed by atoms with van der Waals surface area (Å²) >= 11 is 0. The van der Waals surface area contributed by atoms with Crippen LogP contribution in [0.25, 0.3) is 10.9 Å². The van der Waals surface area contributed by atoms with Crippen molar-refractivity contribution >= 4 is 28.6 Å². The molecule has 30 heavy (non-hydrogen) atoms. The number of rotatable bonds is 4. The number of ether oxygens (including phenoxy) is 2. The Hall–Kier alpha value is -3.35. The summed E-state index contributed by atoms with van der Waals surface area (Å²) in [6.45, 7) is 6.88. The average molecular weight is 412 g/mol. The third kappa shape index (κ3) is 4.79. The highest BCUT2D eigenvalue weighted by Crippen LogP contribution is 2.25. The van der Waals surface area contributed by atoms with Gasteiger partial charge >= 0.3 is 6.09 Å². The smallest absolute Gasteiger partial charge is 0.419 e. The number of aromatic nitrogens is 1. The number of benzene rings is 2. The molecule has 7 heteroatoms. The quantitative estimate of drug-likeness (QED) is 0.596. The van der Waals surface area contributed by atoms with Crippen LogP contribution in [-0.2, 0) is 16.1 Å². The van der Waals surface area contributed by atoms with E-state index in [9.17, 15) is 14.0 Å². The summed E-state index contributed by atoms with van der Waals surface area (Å²) in [5.74, 6) is 0.0590. The standard InChI is InChI=1S/C23H25FN2O4/c1-15(27)25(5)18-8-10-20(11-9-18)29-14-19-12-16-6-7-17(24)13-21(16)26(19)22(28)30-23(2,3)4/h6-13H,14H2,1-5H3. The molecule has 0 saturated heterocycles. The van der Waals surface area contributed by atoms with Crippen LogP contribution in [0.1, 0.15) is 33.4 Å². The molecule has 0 radical (unpaired) electrons. The van der Waals surface area contributed by atoms with Gasteiger partial charge in [0.25, 0.3) is 0 Å². The maximum absolute atomic E-state index is 13.8. The lowest BCUT2D eigenvalue weighted by molar-refractivity contribution is -0.116. The van der Waals surface area contributed by atoms with Crippen molar-refractivity contribution in [3.8, 4) is 5.75 Å². The second kappa shape index (κ2) is 8.18. The van der Waals surface area contributed by atoms with Gasteiger partial charge in [-0.25, -0.2) is 13.8 Å². The summed E-state index contributed by atoms with van der Waals surface area (Å²) < 4.78 is 26.5. The molecule has 2 aromatic carbocycles. The Morgan fingerprint density at radius 1 is 1.07 bits per heavy atom. The van der Waals surface area contributed by atoms with E-state index in [0.29, 0.717) is 22.3 Å². The number of amides is 1. The van der Waals surface area contributed by atoms with Gasteiger partial charge in [0.2, 0.25) is 5.91 Å². The molecule has 0 spiro atoms. The van der Waals surface area contributed by atoms with E-state index < -0.39 is 17.5 Å². The molecule has 0 unspecified atom stereocenters. The molecule has 6 nitrogen and oxygen atoms in total. The third-order valence-corrected chi connectivity index (χ3v) is 4.50. The van der Waals surface area contributed by atoms with Crippen LogP contribution < -0.4 is 9.64 Å². The summed E-state index contributed by atoms with van der Waals surface area (Å²) in [7, 11) is 1.69. The van der Waals surface area contributed by atoms with Crippen LogP contribution in [0, 0.1) is 5.82 Å². The molecule has 3 rings (SSSR count). The molecule has 0 atom stereocenters. The van der Waals surface area contributed by atoms with E-state index in [1.807, 2.05) is 0 Å². The van der Waals surface area contributed by atoms with E-state index in [0.717, 1.165) is 5.69 Å². The molecule has 1 amide bonds. The Balaban J connectivity index is 1.87. The number of fused-ring (bicyclic) bond motifs is 1. The van der Waals surface area contributed by atoms with Crippen molar-refractivity contribution in [3.63, 3.8) is 0 Å². The maximum Gasteiger partial charge on any atom is 0.419 e. The number of hydrogen-bond acceptors (Lipinski definition) is 4. The minimum atomic E-state index is -0.697. The highest BCUT2D eigenvalue weighted by molar-refractivity contribution is 5.91. The van der Waals surface area contributed by atoms with Crippen molar-refractivity contribution in [1.82, 2.24) is 4.57 Å². The lowest BCUT2D eigenvalue weighted by Gasteiger charge is -2.21. The highest BCUT2D eigenvalue weighted by atomic mass is 19.1. The third-order valence-electron chi connectivity index (χ3n) is 4.50. The summed E-state index contributed by atoms with van der Waals surface area (Å²) in [6.07, 6.45) is -0.597. The minimum Gasteiger partial charge on any atom is -0.487 e. The first-order valence-electron chi connectivity index (χ1n) is 9.55. The van der Waals surface area contributed by atoms with Crippen molar-refractivity contribution < 1.29 is 23.5 Å². The number of carbonyl (C=O) groups is 2. The zero-order valence-corrected chi connectivity index (χ0v) is 17.7. The van der Waals surface area contributed by atoms with E-state index in [4.69, 9.17) is 9.47 Å². The van der Waals surface area contributed by atoms with Gasteiger partial charge in [-0.05, 0) is 69.3 Å². The lowest BCUT2D eigenvalue weighted by atomic mass is 10.2. The molecule has 1 heterocycles. The molecule has 0 aliphatic rings. The first-order chi connectivity index (χ1) is 14.0. The fourth-order valence-corrected chi connectivity index (χ4v) is 2.97. The largest absolute Gasteiger partial charge is 0.487 e. The fraction of sp³-hybridized carbons (Fsp3) is 0.304. The Bertz CT molecular complexity index is 1080. The van der Waals surface area contributed by atoms with Gasteiger partial charge in [0, 0.05) is 25.0 Å². The average Bonchev–Trinajstić information content (AvgIpc) is 3.02. The molecular weight excluding hydrogens is 387 g/mol. The predicted octanol–water partition coefficient (Wildman–Crippen LogP) is 5.13. The number of hydrogen-bond donors (Lipinski definition) is 0. The van der Waals surface area contributed by atoms with Gasteiger partial charge in [0.15, 0.2) is 0 Å². The van der Waals surface area contributed by atoms with Crippen LogP contribution in [0.15, 0.2) is 48.5 Å². The molecule has 0 N–H and O–H groups in total. The van der Waals surface area contributed by atoms with Crippen molar-refractivity contribution in [3.05, 3.63) is 60.0 Å². The number of halogens is 1. The lowest BCUT2D eigenvalue weighted by Crippen LogP contribution is -2.28. The molecule has 0 aliphatic heterocycles.